The first-order valence-electron chi connectivity index (χ1n) is 8.45. The van der Waals surface area contributed by atoms with E-state index >= 15 is 0 Å². The van der Waals surface area contributed by atoms with Crippen molar-refractivity contribution in [1.82, 2.24) is 29.7 Å². The molecule has 7 nitrogen and oxygen atoms in total. The highest BCUT2D eigenvalue weighted by Gasteiger charge is 2.19. The number of aromatic nitrogens is 5. The van der Waals surface area contributed by atoms with Crippen molar-refractivity contribution in [2.24, 2.45) is 0 Å². The van der Waals surface area contributed by atoms with Crippen molar-refractivity contribution >= 4 is 11.7 Å². The first-order valence-corrected chi connectivity index (χ1v) is 8.45. The van der Waals surface area contributed by atoms with E-state index in [9.17, 15) is 4.79 Å². The van der Waals surface area contributed by atoms with E-state index in [2.05, 4.69) is 25.3 Å². The summed E-state index contributed by atoms with van der Waals surface area (Å²) in [5, 5.41) is 2.99. The van der Waals surface area contributed by atoms with Gasteiger partial charge in [0.2, 0.25) is 5.78 Å². The number of nitrogens with zero attached hydrogens (tertiary/aromatic N) is 4. The second-order valence-electron chi connectivity index (χ2n) is 5.94. The van der Waals surface area contributed by atoms with Gasteiger partial charge in [0.05, 0.1) is 17.9 Å². The molecule has 4 aromatic rings. The van der Waals surface area contributed by atoms with E-state index in [4.69, 9.17) is 0 Å². The number of amides is 1. The Hall–Kier alpha value is -3.48. The minimum atomic E-state index is -0.250. The summed E-state index contributed by atoms with van der Waals surface area (Å²) in [5.41, 5.74) is 2.31. The Balaban J connectivity index is 1.54. The molecule has 0 unspecified atom stereocenters. The van der Waals surface area contributed by atoms with Gasteiger partial charge in [-0.05, 0) is 18.1 Å². The van der Waals surface area contributed by atoms with Crippen LogP contribution in [0.1, 0.15) is 35.7 Å². The van der Waals surface area contributed by atoms with Gasteiger partial charge < -0.3 is 10.3 Å². The van der Waals surface area contributed by atoms with Crippen LogP contribution in [0.25, 0.3) is 17.0 Å². The van der Waals surface area contributed by atoms with Gasteiger partial charge in [0.1, 0.15) is 11.5 Å². The third-order valence-corrected chi connectivity index (χ3v) is 4.19. The summed E-state index contributed by atoms with van der Waals surface area (Å²) in [5.74, 6) is 0.969. The Kier molecular flexibility index (Phi) is 4.18. The van der Waals surface area contributed by atoms with Crippen LogP contribution >= 0.6 is 0 Å². The molecule has 3 heterocycles. The highest BCUT2D eigenvalue weighted by Crippen LogP contribution is 2.20. The number of benzene rings is 1. The third-order valence-electron chi connectivity index (χ3n) is 4.19. The lowest BCUT2D eigenvalue weighted by molar-refractivity contribution is 0.0929. The molecule has 0 fully saturated rings. The Bertz CT molecular complexity index is 1000. The van der Waals surface area contributed by atoms with Gasteiger partial charge in [-0.3, -0.25) is 9.20 Å². The maximum Gasteiger partial charge on any atom is 0.272 e. The summed E-state index contributed by atoms with van der Waals surface area (Å²) in [6.07, 6.45) is 7.62. The molecule has 1 amide bonds. The number of rotatable bonds is 5. The van der Waals surface area contributed by atoms with Crippen molar-refractivity contribution in [3.05, 3.63) is 72.7 Å². The lowest BCUT2D eigenvalue weighted by Gasteiger charge is -2.13. The van der Waals surface area contributed by atoms with Crippen molar-refractivity contribution in [2.75, 3.05) is 0 Å². The van der Waals surface area contributed by atoms with E-state index < -0.39 is 0 Å². The zero-order valence-corrected chi connectivity index (χ0v) is 14.3. The summed E-state index contributed by atoms with van der Waals surface area (Å²) >= 11 is 0. The normalized spacial score (nSPS) is 12.2. The zero-order valence-electron chi connectivity index (χ0n) is 14.3. The van der Waals surface area contributed by atoms with Crippen molar-refractivity contribution in [3.63, 3.8) is 0 Å². The van der Waals surface area contributed by atoms with E-state index in [1.165, 1.54) is 0 Å². The molecule has 0 saturated carbocycles. The number of aromatic amines is 1. The number of H-pyrrole nitrogens is 1. The molecule has 1 atom stereocenters. The lowest BCUT2D eigenvalue weighted by atomic mass is 10.2. The molecule has 3 aromatic heterocycles. The Morgan fingerprint density at radius 2 is 2.08 bits per heavy atom. The molecule has 130 valence electrons. The van der Waals surface area contributed by atoms with Gasteiger partial charge in [0, 0.05) is 18.6 Å². The lowest BCUT2D eigenvalue weighted by Crippen LogP contribution is -2.29. The number of hydrogen-bond acceptors (Lipinski definition) is 4. The largest absolute Gasteiger partial charge is 0.341 e. The summed E-state index contributed by atoms with van der Waals surface area (Å²) in [4.78, 5) is 28.7. The van der Waals surface area contributed by atoms with E-state index in [1.54, 1.807) is 29.1 Å². The SMILES string of the molecule is CC[C@H](NC(=O)c1cn2cccnc2n1)c1ncc(-c2ccccc2)[nH]1. The second kappa shape index (κ2) is 6.79. The number of fused-ring (bicyclic) bond motifs is 1. The maximum atomic E-state index is 12.6. The van der Waals surface area contributed by atoms with Crippen LogP contribution in [0.4, 0.5) is 0 Å². The van der Waals surface area contributed by atoms with E-state index in [0.29, 0.717) is 17.9 Å². The van der Waals surface area contributed by atoms with Crippen LogP contribution in [0.2, 0.25) is 0 Å². The molecule has 1 aromatic carbocycles. The molecule has 0 aliphatic rings. The Labute approximate surface area is 150 Å². The highest BCUT2D eigenvalue weighted by atomic mass is 16.2. The number of nitrogens with one attached hydrogen (secondary N) is 2. The average molecular weight is 346 g/mol. The van der Waals surface area contributed by atoms with Crippen molar-refractivity contribution < 1.29 is 4.79 Å². The minimum Gasteiger partial charge on any atom is -0.341 e. The summed E-state index contributed by atoms with van der Waals surface area (Å²) in [6, 6.07) is 11.5. The Morgan fingerprint density at radius 3 is 2.85 bits per heavy atom. The van der Waals surface area contributed by atoms with Crippen LogP contribution in [0.15, 0.2) is 61.2 Å². The van der Waals surface area contributed by atoms with Crippen molar-refractivity contribution in [3.8, 4) is 11.3 Å². The summed E-state index contributed by atoms with van der Waals surface area (Å²) in [6.45, 7) is 2.00. The van der Waals surface area contributed by atoms with Gasteiger partial charge >= 0.3 is 0 Å². The predicted octanol–water partition coefficient (Wildman–Crippen LogP) is 3.00. The van der Waals surface area contributed by atoms with E-state index in [-0.39, 0.29) is 11.9 Å². The number of hydrogen-bond donors (Lipinski definition) is 2. The van der Waals surface area contributed by atoms with Crippen molar-refractivity contribution in [2.45, 2.75) is 19.4 Å². The Morgan fingerprint density at radius 1 is 1.23 bits per heavy atom. The zero-order chi connectivity index (χ0) is 17.9. The summed E-state index contributed by atoms with van der Waals surface area (Å²) in [7, 11) is 0. The highest BCUT2D eigenvalue weighted by molar-refractivity contribution is 5.92. The first kappa shape index (κ1) is 16.0. The fourth-order valence-electron chi connectivity index (χ4n) is 2.81. The first-order chi connectivity index (χ1) is 12.7. The molecule has 2 N–H and O–H groups in total. The van der Waals surface area contributed by atoms with Crippen LogP contribution in [0, 0.1) is 0 Å². The molecule has 0 aliphatic carbocycles. The van der Waals surface area contributed by atoms with E-state index in [1.807, 2.05) is 43.5 Å². The molecule has 0 saturated heterocycles. The molecule has 26 heavy (non-hydrogen) atoms. The van der Waals surface area contributed by atoms with Crippen LogP contribution < -0.4 is 5.32 Å². The third kappa shape index (κ3) is 3.06. The fourth-order valence-corrected chi connectivity index (χ4v) is 2.81. The molecule has 7 heteroatoms. The number of carbonyl (C=O) groups is 1. The molecule has 4 rings (SSSR count). The molecular weight excluding hydrogens is 328 g/mol. The monoisotopic (exact) mass is 346 g/mol. The van der Waals surface area contributed by atoms with Gasteiger partial charge in [-0.1, -0.05) is 37.3 Å². The molecular formula is C19H18N6O. The molecule has 0 spiro atoms. The van der Waals surface area contributed by atoms with Crippen LogP contribution in [0.3, 0.4) is 0 Å². The average Bonchev–Trinajstić information content (AvgIpc) is 3.34. The van der Waals surface area contributed by atoms with E-state index in [0.717, 1.165) is 17.1 Å². The topological polar surface area (TPSA) is 88.0 Å². The molecule has 0 bridgehead atoms. The van der Waals surface area contributed by atoms with Gasteiger partial charge in [-0.25, -0.2) is 15.0 Å². The number of imidazole rings is 2. The van der Waals surface area contributed by atoms with Gasteiger partial charge in [0.25, 0.3) is 5.91 Å². The number of carbonyl (C=O) groups excluding carboxylic acids is 1. The van der Waals surface area contributed by atoms with Gasteiger partial charge in [-0.2, -0.15) is 0 Å². The van der Waals surface area contributed by atoms with Crippen molar-refractivity contribution in [1.29, 1.82) is 0 Å². The fraction of sp³-hybridized carbons (Fsp3) is 0.158. The minimum absolute atomic E-state index is 0.224. The van der Waals surface area contributed by atoms with Gasteiger partial charge in [-0.15, -0.1) is 0 Å². The maximum absolute atomic E-state index is 12.6. The second-order valence-corrected chi connectivity index (χ2v) is 5.94. The van der Waals surface area contributed by atoms with Crippen LogP contribution in [0.5, 0.6) is 0 Å². The smallest absolute Gasteiger partial charge is 0.272 e. The summed E-state index contributed by atoms with van der Waals surface area (Å²) < 4.78 is 1.72. The molecule has 0 aliphatic heterocycles. The quantitative estimate of drug-likeness (QED) is 0.581. The molecule has 0 radical (unpaired) electrons. The van der Waals surface area contributed by atoms with Gasteiger partial charge in [0.15, 0.2) is 0 Å². The standard InChI is InChI=1S/C19H18N6O/c1-2-14(17-21-11-15(22-17)13-7-4-3-5-8-13)23-18(26)16-12-25-10-6-9-20-19(25)24-16/h3-12,14H,2H2,1H3,(H,21,22)(H,23,26)/t14-/m0/s1. The van der Waals surface area contributed by atoms with Crippen LogP contribution in [-0.4, -0.2) is 30.2 Å². The predicted molar refractivity (Wildman–Crippen MR) is 97.5 cm³/mol. The van der Waals surface area contributed by atoms with Crippen LogP contribution in [-0.2, 0) is 0 Å².